The topological polar surface area (TPSA) is 12.9 Å². The highest BCUT2D eigenvalue weighted by Gasteiger charge is 2.81. The number of aromatic nitrogens is 1. The summed E-state index contributed by atoms with van der Waals surface area (Å²) in [4.78, 5) is 3.65. The summed E-state index contributed by atoms with van der Waals surface area (Å²) in [6.07, 6.45) is -10.8. The van der Waals surface area contributed by atoms with Crippen LogP contribution >= 0.6 is 0 Å². The van der Waals surface area contributed by atoms with E-state index in [0.717, 1.165) is 18.3 Å². The number of hydrogen-bond donors (Lipinski definition) is 0. The lowest BCUT2D eigenvalue weighted by Gasteiger charge is -2.36. The van der Waals surface area contributed by atoms with Crippen molar-refractivity contribution in [1.29, 1.82) is 0 Å². The third-order valence-corrected chi connectivity index (χ3v) is 3.43. The zero-order valence-electron chi connectivity index (χ0n) is 12.0. The van der Waals surface area contributed by atoms with Gasteiger partial charge in [-0.3, -0.25) is 4.98 Å². The smallest absolute Gasteiger partial charge is 0.264 e. The molecule has 1 aromatic carbocycles. The molecule has 0 saturated heterocycles. The van der Waals surface area contributed by atoms with E-state index in [4.69, 9.17) is 0 Å². The van der Waals surface area contributed by atoms with Gasteiger partial charge in [0.15, 0.2) is 0 Å². The van der Waals surface area contributed by atoms with Gasteiger partial charge in [-0.25, -0.2) is 4.39 Å². The van der Waals surface area contributed by atoms with E-state index in [1.807, 2.05) is 0 Å². The van der Waals surface area contributed by atoms with E-state index >= 15 is 0 Å². The molecule has 0 N–H and O–H groups in total. The van der Waals surface area contributed by atoms with Crippen molar-refractivity contribution in [3.8, 4) is 11.1 Å². The van der Waals surface area contributed by atoms with Crippen molar-refractivity contribution in [3.05, 3.63) is 54.4 Å². The first-order valence-electron chi connectivity index (χ1n) is 6.53. The molecule has 0 amide bonds. The first-order valence-corrected chi connectivity index (χ1v) is 6.53. The number of benzene rings is 1. The maximum absolute atomic E-state index is 14.4. The van der Waals surface area contributed by atoms with Crippen LogP contribution in [-0.4, -0.2) is 23.3 Å². The van der Waals surface area contributed by atoms with Gasteiger partial charge >= 0.3 is 23.9 Å². The van der Waals surface area contributed by atoms with Gasteiger partial charge in [0.2, 0.25) is 0 Å². The summed E-state index contributed by atoms with van der Waals surface area (Å²) in [6, 6.07) is 5.09. The van der Waals surface area contributed by atoms with Crippen molar-refractivity contribution in [2.45, 2.75) is 23.9 Å². The Morgan fingerprint density at radius 3 is 1.76 bits per heavy atom. The van der Waals surface area contributed by atoms with Crippen molar-refractivity contribution >= 4 is 0 Å². The predicted octanol–water partition coefficient (Wildman–Crippen LogP) is 5.67. The van der Waals surface area contributed by atoms with Gasteiger partial charge in [-0.2, -0.15) is 35.1 Å². The average molecular weight is 373 g/mol. The predicted molar refractivity (Wildman–Crippen MR) is 69.5 cm³/mol. The molecule has 1 atom stereocenters. The number of hydrogen-bond acceptors (Lipinski definition) is 1. The lowest BCUT2D eigenvalue weighted by Crippen LogP contribution is -2.59. The van der Waals surface area contributed by atoms with Crippen molar-refractivity contribution in [2.24, 2.45) is 0 Å². The Morgan fingerprint density at radius 1 is 0.680 bits per heavy atom. The molecule has 2 aromatic rings. The maximum atomic E-state index is 14.4. The summed E-state index contributed by atoms with van der Waals surface area (Å²) in [5.41, 5.74) is -7.89. The average Bonchev–Trinajstić information content (AvgIpc) is 2.52. The zero-order valence-corrected chi connectivity index (χ0v) is 12.0. The van der Waals surface area contributed by atoms with Gasteiger partial charge in [0.1, 0.15) is 0 Å². The fourth-order valence-corrected chi connectivity index (χ4v) is 2.16. The van der Waals surface area contributed by atoms with E-state index in [2.05, 4.69) is 4.98 Å². The second-order valence-corrected chi connectivity index (χ2v) is 5.05. The number of alkyl halides is 9. The third kappa shape index (κ3) is 3.05. The Labute approximate surface area is 135 Å². The van der Waals surface area contributed by atoms with Crippen LogP contribution in [0.1, 0.15) is 5.56 Å². The summed E-state index contributed by atoms with van der Waals surface area (Å²) in [6.45, 7) is 0. The first kappa shape index (κ1) is 19.1. The molecule has 10 heteroatoms. The van der Waals surface area contributed by atoms with Gasteiger partial charge in [0.25, 0.3) is 0 Å². The fourth-order valence-electron chi connectivity index (χ4n) is 2.16. The van der Waals surface area contributed by atoms with Crippen LogP contribution in [0.4, 0.5) is 39.5 Å². The highest BCUT2D eigenvalue weighted by molar-refractivity contribution is 5.63. The molecule has 1 heterocycles. The van der Waals surface area contributed by atoms with Crippen LogP contribution in [0.5, 0.6) is 0 Å². The van der Waals surface area contributed by atoms with E-state index in [1.165, 1.54) is 18.3 Å². The summed E-state index contributed by atoms with van der Waals surface area (Å²) in [5, 5.41) is 0. The third-order valence-electron chi connectivity index (χ3n) is 3.43. The van der Waals surface area contributed by atoms with E-state index in [-0.39, 0.29) is 17.2 Å². The summed E-state index contributed by atoms with van der Waals surface area (Å²) < 4.78 is 118. The molecule has 0 aliphatic rings. The SMILES string of the molecule is FC(F)(F)C(F)(F)C(F)(c1cccc(-c2cccnc2)c1)C(F)(F)F. The van der Waals surface area contributed by atoms with Crippen LogP contribution in [0.3, 0.4) is 0 Å². The first-order chi connectivity index (χ1) is 11.3. The molecule has 0 aliphatic carbocycles. The lowest BCUT2D eigenvalue weighted by molar-refractivity contribution is -0.389. The minimum atomic E-state index is -6.75. The number of rotatable bonds is 3. The molecule has 0 radical (unpaired) electrons. The standard InChI is InChI=1S/C15H8F9N/c16-12(14(19,20)21,13(17,18)15(22,23)24)11-5-1-3-9(7-11)10-4-2-6-25-8-10/h1-8H. The molecule has 0 saturated carbocycles. The van der Waals surface area contributed by atoms with Crippen LogP contribution in [0.2, 0.25) is 0 Å². The van der Waals surface area contributed by atoms with Crippen LogP contribution in [-0.2, 0) is 5.67 Å². The summed E-state index contributed by atoms with van der Waals surface area (Å²) >= 11 is 0. The minimum Gasteiger partial charge on any atom is -0.264 e. The molecular formula is C15H8F9N. The molecule has 0 aliphatic heterocycles. The molecule has 0 spiro atoms. The van der Waals surface area contributed by atoms with Gasteiger partial charge < -0.3 is 0 Å². The van der Waals surface area contributed by atoms with E-state index in [0.29, 0.717) is 6.07 Å². The van der Waals surface area contributed by atoms with Crippen molar-refractivity contribution in [3.63, 3.8) is 0 Å². The Hall–Kier alpha value is -2.26. The molecule has 136 valence electrons. The molecule has 1 nitrogen and oxygen atoms in total. The largest absolute Gasteiger partial charge is 0.457 e. The Balaban J connectivity index is 2.70. The van der Waals surface area contributed by atoms with Crippen molar-refractivity contribution < 1.29 is 39.5 Å². The molecule has 1 unspecified atom stereocenters. The molecule has 0 fully saturated rings. The summed E-state index contributed by atoms with van der Waals surface area (Å²) in [7, 11) is 0. The van der Waals surface area contributed by atoms with Crippen LogP contribution in [0, 0.1) is 0 Å². The van der Waals surface area contributed by atoms with Crippen molar-refractivity contribution in [2.75, 3.05) is 0 Å². The van der Waals surface area contributed by atoms with Crippen LogP contribution < -0.4 is 0 Å². The Bertz CT molecular complexity index is 737. The van der Waals surface area contributed by atoms with Crippen LogP contribution in [0.25, 0.3) is 11.1 Å². The lowest BCUT2D eigenvalue weighted by atomic mass is 9.86. The highest BCUT2D eigenvalue weighted by Crippen LogP contribution is 2.58. The highest BCUT2D eigenvalue weighted by atomic mass is 19.4. The maximum Gasteiger partial charge on any atom is 0.457 e. The number of pyridine rings is 1. The Kier molecular flexibility index (Phi) is 4.52. The van der Waals surface area contributed by atoms with Gasteiger partial charge in [0, 0.05) is 18.0 Å². The normalized spacial score (nSPS) is 15.7. The van der Waals surface area contributed by atoms with E-state index in [9.17, 15) is 39.5 Å². The van der Waals surface area contributed by atoms with Crippen LogP contribution in [0.15, 0.2) is 48.8 Å². The number of halogens is 9. The monoisotopic (exact) mass is 373 g/mol. The second kappa shape index (κ2) is 5.92. The van der Waals surface area contributed by atoms with Crippen molar-refractivity contribution in [1.82, 2.24) is 4.98 Å². The molecule has 0 bridgehead atoms. The number of nitrogens with zero attached hydrogens (tertiary/aromatic N) is 1. The van der Waals surface area contributed by atoms with Gasteiger partial charge in [0.05, 0.1) is 0 Å². The van der Waals surface area contributed by atoms with Gasteiger partial charge in [-0.05, 0) is 23.3 Å². The Morgan fingerprint density at radius 2 is 1.28 bits per heavy atom. The summed E-state index contributed by atoms with van der Waals surface area (Å²) in [5.74, 6) is -6.69. The second-order valence-electron chi connectivity index (χ2n) is 5.05. The molecule has 25 heavy (non-hydrogen) atoms. The minimum absolute atomic E-state index is 0.115. The molecule has 1 aromatic heterocycles. The zero-order chi connectivity index (χ0) is 19.1. The van der Waals surface area contributed by atoms with Gasteiger partial charge in [-0.1, -0.05) is 24.3 Å². The van der Waals surface area contributed by atoms with E-state index < -0.39 is 29.5 Å². The molecular weight excluding hydrogens is 365 g/mol. The van der Waals surface area contributed by atoms with Gasteiger partial charge in [-0.15, -0.1) is 0 Å². The fraction of sp³-hybridized carbons (Fsp3) is 0.267. The van der Waals surface area contributed by atoms with E-state index in [1.54, 1.807) is 0 Å². The quantitative estimate of drug-likeness (QED) is 0.632. The molecule has 2 rings (SSSR count).